The van der Waals surface area contributed by atoms with Gasteiger partial charge in [0.05, 0.1) is 17.8 Å². The number of hydrogen-bond acceptors (Lipinski definition) is 10. The highest BCUT2D eigenvalue weighted by molar-refractivity contribution is 6.24. The number of aliphatic hydroxyl groups is 3. The van der Waals surface area contributed by atoms with Gasteiger partial charge in [0.2, 0.25) is 5.78 Å². The fourth-order valence-electron chi connectivity index (χ4n) is 5.39. The zero-order valence-corrected chi connectivity index (χ0v) is 18.4. The Balaban J connectivity index is 1.97. The number of aliphatic hydroxyl groups excluding tert-OH is 2. The van der Waals surface area contributed by atoms with Gasteiger partial charge in [-0.25, -0.2) is 4.98 Å². The molecule has 33 heavy (non-hydrogen) atoms. The summed E-state index contributed by atoms with van der Waals surface area (Å²) in [6, 6.07) is -1.15. The highest BCUT2D eigenvalue weighted by Gasteiger charge is 2.63. The number of fused-ring (bicyclic) bond motifs is 3. The Morgan fingerprint density at radius 2 is 1.97 bits per heavy atom. The predicted molar refractivity (Wildman–Crippen MR) is 116 cm³/mol. The lowest BCUT2D eigenvalue weighted by molar-refractivity contribution is -0.150. The highest BCUT2D eigenvalue weighted by atomic mass is 16.3. The van der Waals surface area contributed by atoms with E-state index in [2.05, 4.69) is 10.3 Å². The van der Waals surface area contributed by atoms with E-state index in [1.54, 1.807) is 25.9 Å². The molecule has 1 heterocycles. The van der Waals surface area contributed by atoms with Crippen LogP contribution in [0.2, 0.25) is 0 Å². The smallest absolute Gasteiger partial charge is 0.255 e. The van der Waals surface area contributed by atoms with Crippen molar-refractivity contribution in [1.29, 1.82) is 0 Å². The van der Waals surface area contributed by atoms with Gasteiger partial charge in [0, 0.05) is 31.1 Å². The van der Waals surface area contributed by atoms with E-state index in [-0.39, 0.29) is 36.3 Å². The van der Waals surface area contributed by atoms with Gasteiger partial charge in [-0.1, -0.05) is 6.92 Å². The highest BCUT2D eigenvalue weighted by Crippen LogP contribution is 2.52. The third kappa shape index (κ3) is 2.96. The van der Waals surface area contributed by atoms with E-state index in [0.29, 0.717) is 11.4 Å². The number of nitrogens with one attached hydrogen (secondary N) is 1. The zero-order valence-electron chi connectivity index (χ0n) is 18.4. The van der Waals surface area contributed by atoms with Gasteiger partial charge in [-0.15, -0.1) is 0 Å². The molecule has 0 radical (unpaired) electrons. The fourth-order valence-corrected chi connectivity index (χ4v) is 5.39. The van der Waals surface area contributed by atoms with Crippen LogP contribution in [0.5, 0.6) is 5.75 Å². The van der Waals surface area contributed by atoms with Crippen molar-refractivity contribution in [2.24, 2.45) is 17.6 Å². The molecule has 4 rings (SSSR count). The maximum Gasteiger partial charge on any atom is 0.255 e. The van der Waals surface area contributed by atoms with Crippen molar-refractivity contribution in [3.63, 3.8) is 0 Å². The van der Waals surface area contributed by atoms with Crippen LogP contribution in [0, 0.1) is 11.8 Å². The largest absolute Gasteiger partial charge is 0.508 e. The van der Waals surface area contributed by atoms with Crippen molar-refractivity contribution in [3.05, 3.63) is 34.2 Å². The van der Waals surface area contributed by atoms with Crippen LogP contribution in [0.1, 0.15) is 24.5 Å². The van der Waals surface area contributed by atoms with Gasteiger partial charge in [0.1, 0.15) is 28.7 Å². The summed E-state index contributed by atoms with van der Waals surface area (Å²) in [5, 5.41) is 46.6. The van der Waals surface area contributed by atoms with E-state index in [0.717, 1.165) is 6.20 Å². The van der Waals surface area contributed by atoms with Gasteiger partial charge in [-0.2, -0.15) is 0 Å². The lowest BCUT2D eigenvalue weighted by Gasteiger charge is -2.49. The number of nitrogens with zero attached hydrogens (tertiary/aromatic N) is 2. The minimum atomic E-state index is -2.64. The van der Waals surface area contributed by atoms with Crippen molar-refractivity contribution in [3.8, 4) is 5.75 Å². The van der Waals surface area contributed by atoms with Crippen LogP contribution in [0.25, 0.3) is 5.76 Å². The third-order valence-electron chi connectivity index (χ3n) is 6.78. The van der Waals surface area contributed by atoms with Gasteiger partial charge in [0.25, 0.3) is 5.91 Å². The fraction of sp³-hybridized carbons (Fsp3) is 0.455. The average molecular weight is 458 g/mol. The van der Waals surface area contributed by atoms with Crippen LogP contribution >= 0.6 is 0 Å². The molecule has 0 unspecified atom stereocenters. The van der Waals surface area contributed by atoms with Gasteiger partial charge < -0.3 is 36.4 Å². The molecule has 0 saturated heterocycles. The summed E-state index contributed by atoms with van der Waals surface area (Å²) in [5.74, 6) is -6.36. The number of Topliss-reactive ketones (excluding diaryl/α,β-unsaturated/α-hetero) is 2. The standard InChI is InChI=1S/C22H26N4O7/c1-4-24-15-10-6-8-5-9-13(11(27)7-25-21(9)26(2)3)16(28)12(8)18(30)22(10,33)19(31)14(17(15)29)20(23)32/h7-8,10,15,24,27-28,31,33H,4-6H2,1-3H3,(H2,23,32)/t8-,10-,15-,22-/m0/s1. The number of pyridine rings is 1. The summed E-state index contributed by atoms with van der Waals surface area (Å²) in [6.45, 7) is 2.00. The summed E-state index contributed by atoms with van der Waals surface area (Å²) in [4.78, 5) is 44.5. The topological polar surface area (TPSA) is 186 Å². The Hall–Kier alpha value is -3.44. The molecule has 0 aliphatic heterocycles. The first-order valence-electron chi connectivity index (χ1n) is 10.6. The Bertz CT molecular complexity index is 1160. The molecule has 7 N–H and O–H groups in total. The molecule has 11 nitrogen and oxygen atoms in total. The summed E-state index contributed by atoms with van der Waals surface area (Å²) in [7, 11) is 3.49. The van der Waals surface area contributed by atoms with Crippen molar-refractivity contribution in [2.45, 2.75) is 31.4 Å². The number of aromatic nitrogens is 1. The average Bonchev–Trinajstić information content (AvgIpc) is 2.73. The first-order valence-corrected chi connectivity index (χ1v) is 10.6. The van der Waals surface area contributed by atoms with E-state index in [4.69, 9.17) is 5.73 Å². The number of nitrogens with two attached hydrogens (primary N) is 1. The van der Waals surface area contributed by atoms with Crippen LogP contribution in [-0.4, -0.2) is 75.2 Å². The van der Waals surface area contributed by atoms with Crippen LogP contribution in [0.4, 0.5) is 5.82 Å². The molecule has 11 heteroatoms. The lowest BCUT2D eigenvalue weighted by atomic mass is 9.57. The van der Waals surface area contributed by atoms with Crippen LogP contribution in [-0.2, 0) is 20.8 Å². The minimum absolute atomic E-state index is 0.0177. The SMILES string of the molecule is CCN[C@@H]1C(=O)C(C(N)=O)=C(O)[C@@]2(O)C(=O)C3=C(O)c4c(O)cnc(N(C)C)c4C[C@H]3C[C@@H]12. The van der Waals surface area contributed by atoms with E-state index < -0.39 is 58.0 Å². The maximum absolute atomic E-state index is 13.6. The summed E-state index contributed by atoms with van der Waals surface area (Å²) in [6.07, 6.45) is 1.38. The van der Waals surface area contributed by atoms with E-state index in [1.165, 1.54) is 0 Å². The van der Waals surface area contributed by atoms with E-state index >= 15 is 0 Å². The minimum Gasteiger partial charge on any atom is -0.508 e. The molecule has 1 saturated carbocycles. The monoisotopic (exact) mass is 458 g/mol. The Labute approximate surface area is 189 Å². The van der Waals surface area contributed by atoms with E-state index in [1.807, 2.05) is 0 Å². The number of carbonyl (C=O) groups is 3. The van der Waals surface area contributed by atoms with Crippen molar-refractivity contribution < 1.29 is 34.8 Å². The van der Waals surface area contributed by atoms with Crippen molar-refractivity contribution in [1.82, 2.24) is 10.3 Å². The first-order chi connectivity index (χ1) is 15.5. The number of aromatic hydroxyl groups is 1. The number of rotatable bonds is 4. The molecule has 1 aromatic rings. The number of hydrogen-bond donors (Lipinski definition) is 6. The molecule has 1 amide bonds. The Morgan fingerprint density at radius 3 is 2.55 bits per heavy atom. The van der Waals surface area contributed by atoms with Crippen LogP contribution < -0.4 is 16.0 Å². The molecular weight excluding hydrogens is 432 g/mol. The third-order valence-corrected chi connectivity index (χ3v) is 6.78. The molecule has 3 aliphatic carbocycles. The van der Waals surface area contributed by atoms with Crippen molar-refractivity contribution in [2.75, 3.05) is 25.5 Å². The molecule has 0 spiro atoms. The van der Waals surface area contributed by atoms with Crippen molar-refractivity contribution >= 4 is 29.1 Å². The number of likely N-dealkylation sites (N-methyl/N-ethyl adjacent to an activating group) is 1. The molecule has 4 atom stereocenters. The second-order valence-electron chi connectivity index (χ2n) is 8.80. The molecule has 3 aliphatic rings. The normalized spacial score (nSPS) is 28.9. The number of ketones is 2. The number of anilines is 1. The molecule has 1 fully saturated rings. The summed E-state index contributed by atoms with van der Waals surface area (Å²) >= 11 is 0. The summed E-state index contributed by atoms with van der Waals surface area (Å²) < 4.78 is 0. The zero-order chi connectivity index (χ0) is 24.4. The van der Waals surface area contributed by atoms with Crippen LogP contribution in [0.3, 0.4) is 0 Å². The van der Waals surface area contributed by atoms with Gasteiger partial charge in [-0.3, -0.25) is 14.4 Å². The number of amides is 1. The number of carbonyl (C=O) groups excluding carboxylic acids is 3. The Morgan fingerprint density at radius 1 is 1.30 bits per heavy atom. The van der Waals surface area contributed by atoms with Gasteiger partial charge in [0.15, 0.2) is 11.4 Å². The molecule has 0 bridgehead atoms. The van der Waals surface area contributed by atoms with E-state index in [9.17, 15) is 34.8 Å². The second kappa shape index (κ2) is 7.56. The molecule has 0 aromatic carbocycles. The number of primary amides is 1. The van der Waals surface area contributed by atoms with Crippen LogP contribution in [0.15, 0.2) is 23.1 Å². The summed E-state index contributed by atoms with van der Waals surface area (Å²) in [5.41, 5.74) is 2.15. The Kier molecular flexibility index (Phi) is 5.21. The predicted octanol–water partition coefficient (Wildman–Crippen LogP) is -0.527. The molecule has 1 aromatic heterocycles. The molecular formula is C22H26N4O7. The lowest BCUT2D eigenvalue weighted by Crippen LogP contribution is -2.66. The first kappa shape index (κ1) is 22.7. The van der Waals surface area contributed by atoms with Gasteiger partial charge in [-0.05, 0) is 25.3 Å². The second-order valence-corrected chi connectivity index (χ2v) is 8.80. The van der Waals surface area contributed by atoms with Gasteiger partial charge >= 0.3 is 0 Å². The molecule has 176 valence electrons. The quantitative estimate of drug-likeness (QED) is 0.320. The maximum atomic E-state index is 13.6.